The van der Waals surface area contributed by atoms with Crippen LogP contribution in [-0.4, -0.2) is 50.8 Å². The van der Waals surface area contributed by atoms with E-state index < -0.39 is 18.5 Å². The molecule has 0 radical (unpaired) electrons. The van der Waals surface area contributed by atoms with E-state index in [9.17, 15) is 13.6 Å². The first kappa shape index (κ1) is 22.7. The maximum Gasteiger partial charge on any atom is 0.252 e. The van der Waals surface area contributed by atoms with E-state index in [1.807, 2.05) is 35.9 Å². The van der Waals surface area contributed by atoms with E-state index in [2.05, 4.69) is 15.3 Å². The third-order valence-corrected chi connectivity index (χ3v) is 6.21. The number of amides is 1. The first-order chi connectivity index (χ1) is 17.0. The monoisotopic (exact) mass is 478 g/mol. The molecule has 0 saturated heterocycles. The van der Waals surface area contributed by atoms with Gasteiger partial charge in [-0.15, -0.1) is 5.10 Å². The summed E-state index contributed by atoms with van der Waals surface area (Å²) in [5, 5.41) is 8.48. The molecule has 0 saturated carbocycles. The van der Waals surface area contributed by atoms with E-state index in [1.165, 1.54) is 21.7 Å². The van der Waals surface area contributed by atoms with Crippen LogP contribution in [0.15, 0.2) is 55.1 Å². The molecule has 5 rings (SSSR count). The lowest BCUT2D eigenvalue weighted by atomic mass is 10.1. The molecule has 35 heavy (non-hydrogen) atoms. The van der Waals surface area contributed by atoms with Gasteiger partial charge in [0.25, 0.3) is 5.91 Å². The Morgan fingerprint density at radius 2 is 2.06 bits per heavy atom. The molecule has 0 spiro atoms. The summed E-state index contributed by atoms with van der Waals surface area (Å²) in [4.78, 5) is 19.0. The van der Waals surface area contributed by atoms with E-state index in [4.69, 9.17) is 4.74 Å². The number of carbonyl (C=O) groups excluding carboxylic acids is 1. The van der Waals surface area contributed by atoms with Gasteiger partial charge in [-0.3, -0.25) is 4.79 Å². The number of fused-ring (bicyclic) bond motifs is 1. The summed E-state index contributed by atoms with van der Waals surface area (Å²) in [6.45, 7) is 1.02. The number of rotatable bonds is 6. The van der Waals surface area contributed by atoms with Crippen molar-refractivity contribution in [3.63, 3.8) is 0 Å². The van der Waals surface area contributed by atoms with Crippen molar-refractivity contribution in [2.45, 2.75) is 25.8 Å². The predicted octanol–water partition coefficient (Wildman–Crippen LogP) is 4.08. The molecule has 8 nitrogen and oxygen atoms in total. The van der Waals surface area contributed by atoms with Gasteiger partial charge in [-0.25, -0.2) is 18.4 Å². The van der Waals surface area contributed by atoms with Gasteiger partial charge in [0, 0.05) is 29.1 Å². The fourth-order valence-corrected chi connectivity index (χ4v) is 4.48. The SMILES string of the molecule is COc1cc(-n2cnc(C)c2)ccc1-c1cn(C2CCc3c(F)cccc3N(CCF)C2=O)nn1. The van der Waals surface area contributed by atoms with Crippen molar-refractivity contribution in [1.29, 1.82) is 0 Å². The second-order valence-electron chi connectivity index (χ2n) is 8.36. The number of methoxy groups -OCH3 is 1. The van der Waals surface area contributed by atoms with Gasteiger partial charge in [0.1, 0.15) is 30.0 Å². The molecule has 0 N–H and O–H groups in total. The number of ether oxygens (including phenoxy) is 1. The van der Waals surface area contributed by atoms with Crippen molar-refractivity contribution in [2.24, 2.45) is 0 Å². The minimum atomic E-state index is -0.742. The normalized spacial score (nSPS) is 15.7. The number of aryl methyl sites for hydroxylation is 1. The van der Waals surface area contributed by atoms with Crippen molar-refractivity contribution >= 4 is 11.6 Å². The third-order valence-electron chi connectivity index (χ3n) is 6.21. The first-order valence-electron chi connectivity index (χ1n) is 11.3. The lowest BCUT2D eigenvalue weighted by Gasteiger charge is -2.24. The summed E-state index contributed by atoms with van der Waals surface area (Å²) < 4.78 is 36.8. The standard InChI is InChI=1S/C25H24F2N6O2/c1-16-13-31(15-28-16)17-6-7-19(24(12-17)35-2)21-14-33(30-29-21)23-9-8-18-20(27)4-3-5-22(18)32(11-10-26)25(23)34/h3-7,12-15,23H,8-11H2,1-2H3. The highest BCUT2D eigenvalue weighted by Crippen LogP contribution is 2.35. The Balaban J connectivity index is 1.47. The van der Waals surface area contributed by atoms with Gasteiger partial charge < -0.3 is 14.2 Å². The van der Waals surface area contributed by atoms with Crippen molar-refractivity contribution < 1.29 is 18.3 Å². The van der Waals surface area contributed by atoms with E-state index in [0.29, 0.717) is 41.1 Å². The quantitative estimate of drug-likeness (QED) is 0.417. The highest BCUT2D eigenvalue weighted by Gasteiger charge is 2.33. The number of carbonyl (C=O) groups is 1. The number of nitrogens with zero attached hydrogens (tertiary/aromatic N) is 6. The highest BCUT2D eigenvalue weighted by atomic mass is 19.1. The second-order valence-corrected chi connectivity index (χ2v) is 8.36. The van der Waals surface area contributed by atoms with E-state index >= 15 is 0 Å². The van der Waals surface area contributed by atoms with Gasteiger partial charge in [0.05, 0.1) is 37.6 Å². The van der Waals surface area contributed by atoms with Crippen LogP contribution in [0.5, 0.6) is 5.75 Å². The van der Waals surface area contributed by atoms with E-state index in [0.717, 1.165) is 11.4 Å². The van der Waals surface area contributed by atoms with Gasteiger partial charge in [0.2, 0.25) is 0 Å². The first-order valence-corrected chi connectivity index (χ1v) is 11.3. The predicted molar refractivity (Wildman–Crippen MR) is 126 cm³/mol. The minimum absolute atomic E-state index is 0.156. The van der Waals surface area contributed by atoms with Crippen molar-refractivity contribution in [1.82, 2.24) is 24.5 Å². The van der Waals surface area contributed by atoms with Crippen LogP contribution in [0.4, 0.5) is 14.5 Å². The topological polar surface area (TPSA) is 78.1 Å². The molecule has 1 aliphatic heterocycles. The Kier molecular flexibility index (Phi) is 6.02. The molecule has 2 aromatic heterocycles. The summed E-state index contributed by atoms with van der Waals surface area (Å²) in [7, 11) is 1.57. The molecular formula is C25H24F2N6O2. The number of alkyl halides is 1. The highest BCUT2D eigenvalue weighted by molar-refractivity contribution is 5.97. The fraction of sp³-hybridized carbons (Fsp3) is 0.280. The zero-order chi connectivity index (χ0) is 24.5. The minimum Gasteiger partial charge on any atom is -0.496 e. The van der Waals surface area contributed by atoms with Crippen molar-refractivity contribution in [3.8, 4) is 22.7 Å². The second kappa shape index (κ2) is 9.28. The van der Waals surface area contributed by atoms with Gasteiger partial charge in [-0.2, -0.15) is 0 Å². The Bertz CT molecular complexity index is 1380. The number of aromatic nitrogens is 5. The van der Waals surface area contributed by atoms with Crippen LogP contribution in [0.25, 0.3) is 16.9 Å². The van der Waals surface area contributed by atoms with Crippen LogP contribution in [-0.2, 0) is 11.2 Å². The maximum absolute atomic E-state index is 14.5. The average molecular weight is 479 g/mol. The lowest BCUT2D eigenvalue weighted by Crippen LogP contribution is -2.38. The molecule has 4 aromatic rings. The average Bonchev–Trinajstić information content (AvgIpc) is 3.49. The van der Waals surface area contributed by atoms with Crippen molar-refractivity contribution in [3.05, 3.63) is 72.2 Å². The molecular weight excluding hydrogens is 454 g/mol. The molecule has 2 aromatic carbocycles. The number of hydrogen-bond donors (Lipinski definition) is 0. The van der Waals surface area contributed by atoms with Crippen molar-refractivity contribution in [2.75, 3.05) is 25.2 Å². The van der Waals surface area contributed by atoms with Gasteiger partial charge in [-0.05, 0) is 44.0 Å². The largest absolute Gasteiger partial charge is 0.496 e. The number of benzene rings is 2. The van der Waals surface area contributed by atoms with Crippen LogP contribution in [0, 0.1) is 12.7 Å². The molecule has 1 unspecified atom stereocenters. The lowest BCUT2D eigenvalue weighted by molar-refractivity contribution is -0.122. The number of hydrogen-bond acceptors (Lipinski definition) is 5. The van der Waals surface area contributed by atoms with E-state index in [1.54, 1.807) is 25.7 Å². The molecule has 1 aliphatic rings. The van der Waals surface area contributed by atoms with Gasteiger partial charge in [-0.1, -0.05) is 11.3 Å². The number of halogens is 2. The fourth-order valence-electron chi connectivity index (χ4n) is 4.48. The van der Waals surface area contributed by atoms with Gasteiger partial charge >= 0.3 is 0 Å². The van der Waals surface area contributed by atoms with Gasteiger partial charge in [0.15, 0.2) is 0 Å². The number of anilines is 1. The molecule has 3 heterocycles. The molecule has 180 valence electrons. The summed E-state index contributed by atoms with van der Waals surface area (Å²) in [5.74, 6) is -0.167. The zero-order valence-corrected chi connectivity index (χ0v) is 19.4. The molecule has 1 atom stereocenters. The maximum atomic E-state index is 14.5. The molecule has 0 aliphatic carbocycles. The summed E-state index contributed by atoms with van der Waals surface area (Å²) in [6.07, 6.45) is 5.93. The summed E-state index contributed by atoms with van der Waals surface area (Å²) in [6, 6.07) is 9.44. The van der Waals surface area contributed by atoms with Crippen LogP contribution in [0.2, 0.25) is 0 Å². The Hall–Kier alpha value is -4.08. The summed E-state index contributed by atoms with van der Waals surface area (Å²) >= 11 is 0. The molecule has 0 fully saturated rings. The summed E-state index contributed by atoms with van der Waals surface area (Å²) in [5.41, 5.74) is 3.81. The van der Waals surface area contributed by atoms with Crippen LogP contribution in [0.1, 0.15) is 23.7 Å². The van der Waals surface area contributed by atoms with Crippen LogP contribution in [0.3, 0.4) is 0 Å². The molecule has 0 bridgehead atoms. The Morgan fingerprint density at radius 1 is 1.20 bits per heavy atom. The number of imidazole rings is 1. The smallest absolute Gasteiger partial charge is 0.252 e. The van der Waals surface area contributed by atoms with Crippen LogP contribution < -0.4 is 9.64 Å². The molecule has 10 heteroatoms. The Morgan fingerprint density at radius 3 is 2.80 bits per heavy atom. The van der Waals surface area contributed by atoms with E-state index in [-0.39, 0.29) is 12.5 Å². The van der Waals surface area contributed by atoms with Crippen LogP contribution >= 0.6 is 0 Å². The third kappa shape index (κ3) is 4.16. The zero-order valence-electron chi connectivity index (χ0n) is 19.4. The Labute approximate surface area is 200 Å². The molecule has 1 amide bonds.